The normalized spacial score (nSPS) is 18.0. The van der Waals surface area contributed by atoms with Crippen LogP contribution in [0.5, 0.6) is 0 Å². The van der Waals surface area contributed by atoms with E-state index in [0.29, 0.717) is 11.3 Å². The Hall–Kier alpha value is -2.47. The number of piperidine rings is 1. The molecule has 2 aromatic heterocycles. The molecular weight excluding hydrogens is 302 g/mol. The fourth-order valence-electron chi connectivity index (χ4n) is 3.58. The molecule has 1 fully saturated rings. The summed E-state index contributed by atoms with van der Waals surface area (Å²) in [6.45, 7) is 4.10. The van der Waals surface area contributed by atoms with Crippen LogP contribution in [0.25, 0.3) is 10.9 Å². The minimum Gasteiger partial charge on any atom is -0.309 e. The molecule has 2 N–H and O–H groups in total. The lowest BCUT2D eigenvalue weighted by molar-refractivity contribution is 0.157. The molecule has 1 saturated heterocycles. The number of nitrogens with zero attached hydrogens (tertiary/aromatic N) is 3. The molecule has 3 heterocycles. The summed E-state index contributed by atoms with van der Waals surface area (Å²) in [4.78, 5) is 22.3. The van der Waals surface area contributed by atoms with Crippen molar-refractivity contribution in [3.05, 3.63) is 58.4 Å². The van der Waals surface area contributed by atoms with E-state index in [0.717, 1.165) is 37.3 Å². The van der Waals surface area contributed by atoms with Gasteiger partial charge in [-0.1, -0.05) is 12.1 Å². The molecule has 1 atom stereocenters. The number of hydrogen-bond donors (Lipinski definition) is 2. The summed E-state index contributed by atoms with van der Waals surface area (Å²) in [5.74, 6) is 1.32. The van der Waals surface area contributed by atoms with Gasteiger partial charge in [0.15, 0.2) is 0 Å². The number of nitrogens with one attached hydrogen (secondary N) is 2. The van der Waals surface area contributed by atoms with Crippen LogP contribution in [0.2, 0.25) is 0 Å². The third-order valence-corrected chi connectivity index (χ3v) is 5.09. The third kappa shape index (κ3) is 2.73. The quantitative estimate of drug-likeness (QED) is 0.776. The summed E-state index contributed by atoms with van der Waals surface area (Å²) >= 11 is 0. The van der Waals surface area contributed by atoms with Gasteiger partial charge in [-0.05, 0) is 56.5 Å². The monoisotopic (exact) mass is 323 g/mol. The van der Waals surface area contributed by atoms with Crippen LogP contribution in [0.4, 0.5) is 0 Å². The molecule has 0 radical (unpaired) electrons. The highest BCUT2D eigenvalue weighted by molar-refractivity contribution is 5.77. The molecule has 0 amide bonds. The number of hydrogen-bond acceptors (Lipinski definition) is 4. The summed E-state index contributed by atoms with van der Waals surface area (Å²) in [7, 11) is 0. The van der Waals surface area contributed by atoms with Crippen LogP contribution in [0.1, 0.15) is 43.1 Å². The fraction of sp³-hybridized carbons (Fsp3) is 0.389. The molecule has 24 heavy (non-hydrogen) atoms. The topological polar surface area (TPSA) is 77.7 Å². The molecule has 0 bridgehead atoms. The van der Waals surface area contributed by atoms with Crippen molar-refractivity contribution < 1.29 is 0 Å². The Morgan fingerprint density at radius 1 is 1.25 bits per heavy atom. The van der Waals surface area contributed by atoms with E-state index in [1.165, 1.54) is 5.56 Å². The van der Waals surface area contributed by atoms with Crippen LogP contribution in [-0.2, 0) is 0 Å². The van der Waals surface area contributed by atoms with E-state index in [-0.39, 0.29) is 11.6 Å². The van der Waals surface area contributed by atoms with E-state index >= 15 is 0 Å². The van der Waals surface area contributed by atoms with E-state index in [1.54, 1.807) is 0 Å². The molecule has 1 aliphatic heterocycles. The van der Waals surface area contributed by atoms with Crippen LogP contribution in [0.15, 0.2) is 41.5 Å². The van der Waals surface area contributed by atoms with Gasteiger partial charge in [0.05, 0.1) is 23.1 Å². The SMILES string of the molecule is C[C@H](c1nc2ccccc2c(=O)[nH]1)N1CCC(c2cn[nH]c2)CC1. The Kier molecular flexibility index (Phi) is 3.90. The van der Waals surface area contributed by atoms with E-state index in [2.05, 4.69) is 32.0 Å². The molecule has 6 nitrogen and oxygen atoms in total. The molecule has 0 spiro atoms. The number of aromatic amines is 2. The van der Waals surface area contributed by atoms with Crippen LogP contribution >= 0.6 is 0 Å². The Labute approximate surface area is 139 Å². The number of benzene rings is 1. The van der Waals surface area contributed by atoms with Crippen LogP contribution in [-0.4, -0.2) is 38.2 Å². The number of H-pyrrole nitrogens is 2. The minimum absolute atomic E-state index is 0.0595. The second-order valence-electron chi connectivity index (χ2n) is 6.49. The Balaban J connectivity index is 1.52. The summed E-state index contributed by atoms with van der Waals surface area (Å²) in [5, 5.41) is 7.59. The van der Waals surface area contributed by atoms with Gasteiger partial charge in [0.25, 0.3) is 5.56 Å². The minimum atomic E-state index is -0.0595. The predicted molar refractivity (Wildman–Crippen MR) is 92.9 cm³/mol. The van der Waals surface area contributed by atoms with E-state index in [9.17, 15) is 4.79 Å². The van der Waals surface area contributed by atoms with Gasteiger partial charge in [-0.15, -0.1) is 0 Å². The second-order valence-corrected chi connectivity index (χ2v) is 6.49. The average Bonchev–Trinajstić information content (AvgIpc) is 3.16. The molecule has 6 heteroatoms. The van der Waals surface area contributed by atoms with Gasteiger partial charge in [0, 0.05) is 6.20 Å². The first-order valence-electron chi connectivity index (χ1n) is 8.44. The fourth-order valence-corrected chi connectivity index (χ4v) is 3.58. The van der Waals surface area contributed by atoms with Crippen LogP contribution < -0.4 is 5.56 Å². The largest absolute Gasteiger partial charge is 0.309 e. The summed E-state index contributed by atoms with van der Waals surface area (Å²) < 4.78 is 0. The Morgan fingerprint density at radius 2 is 2.04 bits per heavy atom. The maximum Gasteiger partial charge on any atom is 0.258 e. The summed E-state index contributed by atoms with van der Waals surface area (Å²) in [6.07, 6.45) is 6.11. The first-order valence-corrected chi connectivity index (χ1v) is 8.44. The molecule has 3 aromatic rings. The van der Waals surface area contributed by atoms with Gasteiger partial charge in [-0.25, -0.2) is 4.98 Å². The standard InChI is InChI=1S/C18H21N5O/c1-12(17-21-16-5-3-2-4-15(16)18(24)22-17)23-8-6-13(7-9-23)14-10-19-20-11-14/h2-5,10-13H,6-9H2,1H3,(H,19,20)(H,21,22,24)/t12-/m1/s1. The van der Waals surface area contributed by atoms with Crippen molar-refractivity contribution in [2.75, 3.05) is 13.1 Å². The lowest BCUT2D eigenvalue weighted by Crippen LogP contribution is -2.36. The highest BCUT2D eigenvalue weighted by Gasteiger charge is 2.26. The van der Waals surface area contributed by atoms with Gasteiger partial charge < -0.3 is 4.98 Å². The van der Waals surface area contributed by atoms with Crippen molar-refractivity contribution in [3.63, 3.8) is 0 Å². The molecule has 0 unspecified atom stereocenters. The second kappa shape index (κ2) is 6.20. The van der Waals surface area contributed by atoms with Crippen molar-refractivity contribution in [2.45, 2.75) is 31.7 Å². The lowest BCUT2D eigenvalue weighted by Gasteiger charge is -2.35. The van der Waals surface area contributed by atoms with E-state index in [4.69, 9.17) is 0 Å². The van der Waals surface area contributed by atoms with Crippen molar-refractivity contribution in [1.82, 2.24) is 25.1 Å². The number of rotatable bonds is 3. The first kappa shape index (κ1) is 15.1. The Morgan fingerprint density at radius 3 is 2.79 bits per heavy atom. The van der Waals surface area contributed by atoms with Crippen molar-refractivity contribution in [2.24, 2.45) is 0 Å². The molecule has 124 valence electrons. The lowest BCUT2D eigenvalue weighted by atomic mass is 9.91. The smallest absolute Gasteiger partial charge is 0.258 e. The highest BCUT2D eigenvalue weighted by atomic mass is 16.1. The van der Waals surface area contributed by atoms with Gasteiger partial charge in [0.1, 0.15) is 5.82 Å². The molecule has 0 aliphatic carbocycles. The number of fused-ring (bicyclic) bond motifs is 1. The zero-order valence-corrected chi connectivity index (χ0v) is 13.7. The maximum atomic E-state index is 12.3. The zero-order chi connectivity index (χ0) is 16.5. The zero-order valence-electron chi connectivity index (χ0n) is 13.7. The first-order chi connectivity index (χ1) is 11.7. The van der Waals surface area contributed by atoms with Gasteiger partial charge in [0.2, 0.25) is 0 Å². The van der Waals surface area contributed by atoms with E-state index in [1.807, 2.05) is 36.7 Å². The number of aromatic nitrogens is 4. The van der Waals surface area contributed by atoms with Gasteiger partial charge in [-0.3, -0.25) is 14.8 Å². The summed E-state index contributed by atoms with van der Waals surface area (Å²) in [6, 6.07) is 7.59. The molecule has 0 saturated carbocycles. The Bertz CT molecular complexity index is 878. The third-order valence-electron chi connectivity index (χ3n) is 5.09. The highest BCUT2D eigenvalue weighted by Crippen LogP contribution is 2.30. The van der Waals surface area contributed by atoms with Crippen molar-refractivity contribution in [3.8, 4) is 0 Å². The van der Waals surface area contributed by atoms with Gasteiger partial charge >= 0.3 is 0 Å². The molecule has 1 aliphatic rings. The molecular formula is C18H21N5O. The predicted octanol–water partition coefficient (Wildman–Crippen LogP) is 2.59. The summed E-state index contributed by atoms with van der Waals surface area (Å²) in [5.41, 5.74) is 1.99. The molecule has 1 aromatic carbocycles. The average molecular weight is 323 g/mol. The van der Waals surface area contributed by atoms with Crippen LogP contribution in [0.3, 0.4) is 0 Å². The van der Waals surface area contributed by atoms with Crippen molar-refractivity contribution in [1.29, 1.82) is 0 Å². The maximum absolute atomic E-state index is 12.3. The van der Waals surface area contributed by atoms with Gasteiger partial charge in [-0.2, -0.15) is 5.10 Å². The molecule has 4 rings (SSSR count). The van der Waals surface area contributed by atoms with E-state index < -0.39 is 0 Å². The van der Waals surface area contributed by atoms with Crippen molar-refractivity contribution >= 4 is 10.9 Å². The number of likely N-dealkylation sites (tertiary alicyclic amines) is 1. The van der Waals surface area contributed by atoms with Crippen LogP contribution in [0, 0.1) is 0 Å². The number of para-hydroxylation sites is 1.